The third-order valence-corrected chi connectivity index (χ3v) is 27.5. The van der Waals surface area contributed by atoms with Gasteiger partial charge in [-0.05, 0) is 261 Å². The summed E-state index contributed by atoms with van der Waals surface area (Å²) >= 11 is 0. The largest absolute Gasteiger partial charge is 0.505 e. The van der Waals surface area contributed by atoms with Crippen LogP contribution in [-0.4, -0.2) is 58.7 Å². The number of aldehydes is 1. The molecule has 20 heteroatoms. The number of phenols is 1. The van der Waals surface area contributed by atoms with Gasteiger partial charge in [-0.3, -0.25) is 0 Å². The Morgan fingerprint density at radius 3 is 1.23 bits per heavy atom. The molecule has 0 bridgehead atoms. The van der Waals surface area contributed by atoms with E-state index >= 15 is 0 Å². The number of carbonyl (C=O) groups is 1. The van der Waals surface area contributed by atoms with Gasteiger partial charge in [-0.2, -0.15) is 22.0 Å². The number of halogens is 12. The number of aromatic hydroxyl groups is 1. The van der Waals surface area contributed by atoms with Gasteiger partial charge < -0.3 is 39.1 Å². The summed E-state index contributed by atoms with van der Waals surface area (Å²) < 4.78 is 185. The molecule has 3 heterocycles. The van der Waals surface area contributed by atoms with Gasteiger partial charge in [0.15, 0.2) is 69.5 Å². The highest BCUT2D eigenvalue weighted by Gasteiger charge is 2.38. The van der Waals surface area contributed by atoms with Crippen molar-refractivity contribution < 1.29 is 91.7 Å². The standard InChI is InChI=1S/C19H26F2O2.C17H23F3O.C17H19F3O.C17H22F2O2.C17H22F2O.C9H16O/c1-3-12-5-7-13(8-6-12)15-10-9-14-11-16(22-4-2)17(20)18(21)19(14)23-15;2*1-2-11-3-5-12(6-4-11)15(21)10-8-13-7-9-14(18)17(20)16(13)19;1-2-10-3-5-11(6-4-10)14-8-7-12-9-13(20)15(18)16(19)17(12)21-14;1-2-11-3-5-12(6-4-11)15-10-8-13-7-9-14(18)16(19)17(13)20-15;1-2-8-3-5-9(7-10)6-4-8/h11-13,15H,3-10H2,1-2H3;7,9,11-12,15,21H,2-6,8,10H2,1H3;7,9,11-12,15,21H,2-6H2,1H3;9-11,14,20H,2-8H2,1H3;7,9,11-12,15H,2-6,8,10H2,1H3;7-9H,2-6H2,1H3. The van der Waals surface area contributed by atoms with Crippen molar-refractivity contribution in [3.8, 4) is 40.6 Å². The fraction of sp³-hybridized carbons (Fsp3) is 0.656. The van der Waals surface area contributed by atoms with E-state index in [1.54, 1.807) is 19.1 Å². The van der Waals surface area contributed by atoms with Crippen LogP contribution in [0.4, 0.5) is 52.7 Å². The number of aliphatic hydroxyl groups excluding tert-OH is 2. The molecule has 0 amide bonds. The predicted octanol–water partition coefficient (Wildman–Crippen LogP) is 25.8. The van der Waals surface area contributed by atoms with Crippen molar-refractivity contribution in [1.29, 1.82) is 0 Å². The summed E-state index contributed by atoms with van der Waals surface area (Å²) in [4.78, 5) is 10.4. The highest BCUT2D eigenvalue weighted by Crippen LogP contribution is 2.46. The van der Waals surface area contributed by atoms with Gasteiger partial charge in [-0.1, -0.05) is 168 Å². The Balaban J connectivity index is 0.000000161. The van der Waals surface area contributed by atoms with E-state index in [1.807, 2.05) is 0 Å². The van der Waals surface area contributed by atoms with Gasteiger partial charge in [0.05, 0.1) is 18.3 Å². The number of benzene rings is 5. The van der Waals surface area contributed by atoms with Crippen LogP contribution < -0.4 is 18.9 Å². The summed E-state index contributed by atoms with van der Waals surface area (Å²) in [5.41, 5.74) is 2.02. The molecule has 9 aliphatic rings. The maximum absolute atomic E-state index is 14.3. The number of hydrogen-bond acceptors (Lipinski definition) is 8. The van der Waals surface area contributed by atoms with Crippen LogP contribution in [0.1, 0.15) is 295 Å². The summed E-state index contributed by atoms with van der Waals surface area (Å²) in [6, 6.07) is 9.85. The lowest BCUT2D eigenvalue weighted by atomic mass is 9.77. The Hall–Kier alpha value is -6.59. The van der Waals surface area contributed by atoms with Gasteiger partial charge in [0.1, 0.15) is 30.7 Å². The third-order valence-electron chi connectivity index (χ3n) is 27.5. The average molecular weight is 1640 g/mol. The number of rotatable bonds is 17. The molecular weight excluding hydrogens is 1510 g/mol. The van der Waals surface area contributed by atoms with Crippen LogP contribution in [0.15, 0.2) is 48.5 Å². The minimum Gasteiger partial charge on any atom is -0.505 e. The van der Waals surface area contributed by atoms with Crippen molar-refractivity contribution in [1.82, 2.24) is 0 Å². The Bertz CT molecular complexity index is 3930. The lowest BCUT2D eigenvalue weighted by molar-refractivity contribution is -0.112. The van der Waals surface area contributed by atoms with E-state index in [-0.39, 0.29) is 70.7 Å². The first kappa shape index (κ1) is 93.3. The minimum atomic E-state index is -1.53. The molecule has 5 aromatic carbocycles. The highest BCUT2D eigenvalue weighted by atomic mass is 19.2. The molecule has 14 rings (SSSR count). The zero-order valence-corrected chi connectivity index (χ0v) is 69.5. The molecule has 0 radical (unpaired) electrons. The maximum atomic E-state index is 14.3. The second kappa shape index (κ2) is 46.3. The molecule has 0 aromatic heterocycles. The third kappa shape index (κ3) is 25.5. The van der Waals surface area contributed by atoms with Crippen LogP contribution in [0.3, 0.4) is 0 Å². The van der Waals surface area contributed by atoms with Crippen molar-refractivity contribution in [3.63, 3.8) is 0 Å². The fourth-order valence-electron chi connectivity index (χ4n) is 19.3. The average Bonchev–Trinajstić information content (AvgIpc) is 0.781. The van der Waals surface area contributed by atoms with Gasteiger partial charge in [0.2, 0.25) is 29.1 Å². The first-order valence-electron chi connectivity index (χ1n) is 44.2. The van der Waals surface area contributed by atoms with Crippen LogP contribution in [0.5, 0.6) is 28.7 Å². The highest BCUT2D eigenvalue weighted by molar-refractivity contribution is 5.53. The fourth-order valence-corrected chi connectivity index (χ4v) is 19.3. The molecular formula is C96H128F12O8. The first-order valence-corrected chi connectivity index (χ1v) is 44.2. The Morgan fingerprint density at radius 1 is 0.405 bits per heavy atom. The van der Waals surface area contributed by atoms with Gasteiger partial charge in [-0.25, -0.2) is 30.7 Å². The summed E-state index contributed by atoms with van der Waals surface area (Å²) in [6.07, 6.45) is 39.9. The molecule has 3 aliphatic heterocycles. The minimum absolute atomic E-state index is 0.00532. The first-order chi connectivity index (χ1) is 55.8. The number of hydrogen-bond donors (Lipinski definition) is 3. The number of aliphatic hydroxyl groups is 2. The number of phenolic OH excluding ortho intramolecular Hbond substituents is 1. The zero-order chi connectivity index (χ0) is 83.7. The van der Waals surface area contributed by atoms with Crippen molar-refractivity contribution in [2.75, 3.05) is 6.61 Å². The smallest absolute Gasteiger partial charge is 0.204 e. The number of ether oxygens (including phenoxy) is 4. The van der Waals surface area contributed by atoms with Crippen molar-refractivity contribution in [2.24, 2.45) is 71.0 Å². The molecule has 5 unspecified atom stereocenters. The molecule has 6 aliphatic carbocycles. The summed E-state index contributed by atoms with van der Waals surface area (Å²) in [5, 5.41) is 29.6. The molecule has 8 nitrogen and oxygen atoms in total. The Kier molecular flexibility index (Phi) is 37.2. The monoisotopic (exact) mass is 1640 g/mol. The van der Waals surface area contributed by atoms with Crippen LogP contribution >= 0.6 is 0 Å². The molecule has 5 atom stereocenters. The number of carbonyl (C=O) groups excluding carboxylic acids is 1. The zero-order valence-electron chi connectivity index (χ0n) is 69.5. The predicted molar refractivity (Wildman–Crippen MR) is 430 cm³/mol. The molecule has 0 saturated heterocycles. The normalized spacial score (nSPS) is 27.2. The number of aryl methyl sites for hydroxylation is 4. The molecule has 0 spiro atoms. The van der Waals surface area contributed by atoms with Crippen molar-refractivity contribution in [3.05, 3.63) is 146 Å². The maximum Gasteiger partial charge on any atom is 0.204 e. The van der Waals surface area contributed by atoms with E-state index in [1.165, 1.54) is 102 Å². The second-order valence-electron chi connectivity index (χ2n) is 34.5. The molecule has 5 aromatic rings. The SMILES string of the molecule is CCC1CCC(C(O)C#Cc2ccc(F)c(F)c2F)CC1.CCC1CCC(C(O)CCc2ccc(F)c(F)c2F)CC1.CCC1CCC(C2CCc3cc(O)c(F)c(F)c3O2)CC1.CCC1CCC(C2CCc3ccc(F)c(F)c3O2)CC1.CCC1CCC(C=O)CC1.CCOc1cc2c(c(F)c1F)OC(C1CCC(CC)CC1)CC2. The van der Waals surface area contributed by atoms with Crippen molar-refractivity contribution in [2.45, 2.75) is 323 Å². The van der Waals surface area contributed by atoms with Crippen LogP contribution in [0, 0.1) is 153 Å². The van der Waals surface area contributed by atoms with E-state index in [0.29, 0.717) is 54.6 Å². The topological polar surface area (TPSA) is 115 Å². The molecule has 3 N–H and O–H groups in total. The van der Waals surface area contributed by atoms with E-state index < -0.39 is 87.8 Å². The summed E-state index contributed by atoms with van der Waals surface area (Å²) in [7, 11) is 0. The van der Waals surface area contributed by atoms with Gasteiger partial charge in [0, 0.05) is 17.0 Å². The van der Waals surface area contributed by atoms with Crippen LogP contribution in [0.2, 0.25) is 0 Å². The Labute approximate surface area is 682 Å². The van der Waals surface area contributed by atoms with E-state index in [2.05, 4.69) is 53.4 Å². The van der Waals surface area contributed by atoms with Gasteiger partial charge in [0.25, 0.3) is 0 Å². The Morgan fingerprint density at radius 2 is 0.784 bits per heavy atom. The van der Waals surface area contributed by atoms with Gasteiger partial charge >= 0.3 is 0 Å². The van der Waals surface area contributed by atoms with Crippen LogP contribution in [-0.2, 0) is 30.5 Å². The summed E-state index contributed by atoms with van der Waals surface area (Å²) in [5.74, 6) is -1.83. The van der Waals surface area contributed by atoms with E-state index in [0.717, 1.165) is 206 Å². The van der Waals surface area contributed by atoms with E-state index in [4.69, 9.17) is 18.9 Å². The molecule has 6 fully saturated rings. The lowest BCUT2D eigenvalue weighted by Gasteiger charge is -2.36. The van der Waals surface area contributed by atoms with Crippen LogP contribution in [0.25, 0.3) is 0 Å². The molecule has 644 valence electrons. The molecule has 116 heavy (non-hydrogen) atoms. The lowest BCUT2D eigenvalue weighted by Crippen LogP contribution is -2.34. The van der Waals surface area contributed by atoms with Crippen molar-refractivity contribution >= 4 is 6.29 Å². The number of fused-ring (bicyclic) bond motifs is 3. The quantitative estimate of drug-likeness (QED) is 0.0365. The summed E-state index contributed by atoms with van der Waals surface area (Å²) in [6.45, 7) is 15.4. The molecule has 6 saturated carbocycles. The van der Waals surface area contributed by atoms with E-state index in [9.17, 15) is 72.8 Å². The van der Waals surface area contributed by atoms with Gasteiger partial charge in [-0.15, -0.1) is 0 Å². The second-order valence-corrected chi connectivity index (χ2v) is 34.5.